The Kier molecular flexibility index (Phi) is 5.53. The van der Waals surface area contributed by atoms with Crippen molar-refractivity contribution in [2.24, 2.45) is 14.1 Å². The second-order valence-corrected chi connectivity index (χ2v) is 9.48. The van der Waals surface area contributed by atoms with E-state index in [9.17, 15) is 0 Å². The first-order valence-electron chi connectivity index (χ1n) is 11.9. The second-order valence-electron chi connectivity index (χ2n) is 9.48. The second kappa shape index (κ2) is 8.53. The molecule has 0 aliphatic carbocycles. The van der Waals surface area contributed by atoms with E-state index in [1.165, 1.54) is 50.0 Å². The van der Waals surface area contributed by atoms with Gasteiger partial charge in [-0.25, -0.2) is 9.13 Å². The molecule has 168 valence electrons. The van der Waals surface area contributed by atoms with Gasteiger partial charge in [0.25, 0.3) is 0 Å². The van der Waals surface area contributed by atoms with Crippen molar-refractivity contribution in [2.75, 3.05) is 0 Å². The summed E-state index contributed by atoms with van der Waals surface area (Å²) in [4.78, 5) is 0. The highest BCUT2D eigenvalue weighted by atomic mass is 14.9. The first-order chi connectivity index (χ1) is 16.4. The molecule has 2 nitrogen and oxygen atoms in total. The van der Waals surface area contributed by atoms with E-state index >= 15 is 0 Å². The van der Waals surface area contributed by atoms with Crippen LogP contribution in [0.2, 0.25) is 0 Å². The third kappa shape index (κ3) is 3.42. The van der Waals surface area contributed by atoms with Crippen molar-refractivity contribution < 1.29 is 9.13 Å². The highest BCUT2D eigenvalue weighted by Gasteiger charge is 2.40. The van der Waals surface area contributed by atoms with Crippen molar-refractivity contribution in [1.82, 2.24) is 0 Å². The molecular formula is C32H32N2+2. The molecule has 0 N–H and O–H groups in total. The van der Waals surface area contributed by atoms with Gasteiger partial charge in [0.2, 0.25) is 5.69 Å². The number of nitrogens with zero attached hydrogens (tertiary/aromatic N) is 2. The number of hydrogen-bond donors (Lipinski definition) is 0. The summed E-state index contributed by atoms with van der Waals surface area (Å²) in [5.74, 6) is 0. The van der Waals surface area contributed by atoms with E-state index in [0.717, 1.165) is 0 Å². The Morgan fingerprint density at radius 1 is 0.618 bits per heavy atom. The number of aryl methyl sites for hydroxylation is 3. The molecule has 5 aromatic rings. The van der Waals surface area contributed by atoms with Gasteiger partial charge in [-0.3, -0.25) is 0 Å². The first-order valence-corrected chi connectivity index (χ1v) is 11.9. The maximum Gasteiger partial charge on any atom is 0.220 e. The van der Waals surface area contributed by atoms with Crippen molar-refractivity contribution in [2.45, 2.75) is 26.2 Å². The zero-order valence-electron chi connectivity index (χ0n) is 20.7. The predicted octanol–water partition coefficient (Wildman–Crippen LogP) is 6.13. The van der Waals surface area contributed by atoms with Crippen LogP contribution in [0, 0.1) is 13.8 Å². The van der Waals surface area contributed by atoms with Crippen LogP contribution in [0.5, 0.6) is 0 Å². The summed E-state index contributed by atoms with van der Waals surface area (Å²) >= 11 is 0. The summed E-state index contributed by atoms with van der Waals surface area (Å²) in [5, 5.41) is 2.53. The van der Waals surface area contributed by atoms with E-state index in [1.54, 1.807) is 0 Å². The molecule has 5 rings (SSSR count). The first kappa shape index (κ1) is 22.0. The molecule has 0 saturated carbocycles. The summed E-state index contributed by atoms with van der Waals surface area (Å²) in [6.07, 6.45) is 4.32. The van der Waals surface area contributed by atoms with Crippen molar-refractivity contribution in [3.63, 3.8) is 0 Å². The Morgan fingerprint density at radius 2 is 1.32 bits per heavy atom. The van der Waals surface area contributed by atoms with Crippen LogP contribution in [0.25, 0.3) is 22.0 Å². The fourth-order valence-corrected chi connectivity index (χ4v) is 5.68. The van der Waals surface area contributed by atoms with Crippen LogP contribution in [0.1, 0.15) is 34.9 Å². The molecule has 3 aromatic carbocycles. The maximum absolute atomic E-state index is 2.37. The van der Waals surface area contributed by atoms with Gasteiger partial charge in [0, 0.05) is 18.2 Å². The smallest absolute Gasteiger partial charge is 0.204 e. The quantitative estimate of drug-likeness (QED) is 0.295. The van der Waals surface area contributed by atoms with Gasteiger partial charge in [-0.05, 0) is 60.5 Å². The molecule has 2 heteroatoms. The van der Waals surface area contributed by atoms with Crippen LogP contribution in [0.15, 0.2) is 103 Å². The standard InChI is InChI=1S/C32H32N2/c1-23-13-6-9-17-28(23)32(3,30-19-10-11-21-33(30)4)29-18-12-16-26(24(29)2)31-27-15-8-7-14-25(27)20-22-34(31)5/h6-22H,1-5H3/q+2. The van der Waals surface area contributed by atoms with Gasteiger partial charge in [0.15, 0.2) is 18.1 Å². The number of hydrogen-bond acceptors (Lipinski definition) is 0. The minimum absolute atomic E-state index is 0.315. The summed E-state index contributed by atoms with van der Waals surface area (Å²) in [6, 6.07) is 33.0. The van der Waals surface area contributed by atoms with Crippen molar-refractivity contribution in [3.8, 4) is 11.3 Å². The zero-order chi connectivity index (χ0) is 23.9. The molecule has 0 spiro atoms. The van der Waals surface area contributed by atoms with Crippen LogP contribution in [0.4, 0.5) is 0 Å². The lowest BCUT2D eigenvalue weighted by Crippen LogP contribution is -2.43. The lowest BCUT2D eigenvalue weighted by atomic mass is 9.69. The van der Waals surface area contributed by atoms with Crippen molar-refractivity contribution in [1.29, 1.82) is 0 Å². The zero-order valence-corrected chi connectivity index (χ0v) is 20.7. The van der Waals surface area contributed by atoms with E-state index in [0.29, 0.717) is 0 Å². The number of benzene rings is 3. The van der Waals surface area contributed by atoms with E-state index in [2.05, 4.69) is 147 Å². The Hall–Kier alpha value is -3.78. The maximum atomic E-state index is 2.37. The van der Waals surface area contributed by atoms with Crippen molar-refractivity contribution >= 4 is 10.8 Å². The fraction of sp³-hybridized carbons (Fsp3) is 0.188. The number of pyridine rings is 2. The molecule has 0 amide bonds. The van der Waals surface area contributed by atoms with Crippen LogP contribution in [-0.2, 0) is 19.5 Å². The highest BCUT2D eigenvalue weighted by Crippen LogP contribution is 2.42. The fourth-order valence-electron chi connectivity index (χ4n) is 5.68. The average Bonchev–Trinajstić information content (AvgIpc) is 2.85. The minimum Gasteiger partial charge on any atom is -0.204 e. The Balaban J connectivity index is 1.85. The minimum atomic E-state index is -0.315. The SMILES string of the molecule is Cc1ccccc1C(C)(c1cccc(-c2c3ccccc3cc[n+]2C)c1C)c1cccc[n+]1C. The number of rotatable bonds is 4. The summed E-state index contributed by atoms with van der Waals surface area (Å²) in [5.41, 5.74) is 8.75. The van der Waals surface area contributed by atoms with Crippen molar-refractivity contribution in [3.05, 3.63) is 131 Å². The van der Waals surface area contributed by atoms with E-state index in [-0.39, 0.29) is 5.41 Å². The summed E-state index contributed by atoms with van der Waals surface area (Å²) in [7, 11) is 4.29. The highest BCUT2D eigenvalue weighted by molar-refractivity contribution is 5.93. The van der Waals surface area contributed by atoms with Crippen LogP contribution < -0.4 is 9.13 Å². The van der Waals surface area contributed by atoms with Gasteiger partial charge in [-0.1, -0.05) is 60.7 Å². The predicted molar refractivity (Wildman–Crippen MR) is 140 cm³/mol. The van der Waals surface area contributed by atoms with Gasteiger partial charge in [0.05, 0.1) is 10.9 Å². The van der Waals surface area contributed by atoms with E-state index < -0.39 is 0 Å². The van der Waals surface area contributed by atoms with Crippen LogP contribution in [0.3, 0.4) is 0 Å². The normalized spacial score (nSPS) is 13.1. The third-order valence-corrected chi connectivity index (χ3v) is 7.42. The van der Waals surface area contributed by atoms with Gasteiger partial charge < -0.3 is 0 Å². The van der Waals surface area contributed by atoms with Gasteiger partial charge >= 0.3 is 0 Å². The summed E-state index contributed by atoms with van der Waals surface area (Å²) < 4.78 is 4.51. The monoisotopic (exact) mass is 444 g/mol. The number of fused-ring (bicyclic) bond motifs is 1. The molecule has 2 aromatic heterocycles. The molecule has 1 unspecified atom stereocenters. The molecule has 0 aliphatic heterocycles. The Labute approximate surface area is 202 Å². The summed E-state index contributed by atoms with van der Waals surface area (Å²) in [6.45, 7) is 6.88. The van der Waals surface area contributed by atoms with Gasteiger partial charge in [-0.2, -0.15) is 0 Å². The van der Waals surface area contributed by atoms with E-state index in [1.807, 2.05) is 0 Å². The topological polar surface area (TPSA) is 7.76 Å². The lowest BCUT2D eigenvalue weighted by Gasteiger charge is -2.32. The molecule has 34 heavy (non-hydrogen) atoms. The molecule has 1 atom stereocenters. The largest absolute Gasteiger partial charge is 0.220 e. The molecule has 0 bridgehead atoms. The molecule has 2 heterocycles. The third-order valence-electron chi connectivity index (χ3n) is 7.42. The molecule has 0 saturated heterocycles. The van der Waals surface area contributed by atoms with Crippen LogP contribution >= 0.6 is 0 Å². The molecule has 0 aliphatic rings. The Bertz CT molecular complexity index is 1470. The molecule has 0 radical (unpaired) electrons. The lowest BCUT2D eigenvalue weighted by molar-refractivity contribution is -0.681. The molecular weight excluding hydrogens is 412 g/mol. The molecule has 0 fully saturated rings. The van der Waals surface area contributed by atoms with Gasteiger partial charge in [-0.15, -0.1) is 0 Å². The average molecular weight is 445 g/mol. The van der Waals surface area contributed by atoms with Crippen LogP contribution in [-0.4, -0.2) is 0 Å². The number of aromatic nitrogens is 2. The van der Waals surface area contributed by atoms with Gasteiger partial charge in [0.1, 0.15) is 19.5 Å². The Morgan fingerprint density at radius 3 is 2.12 bits per heavy atom. The van der Waals surface area contributed by atoms with E-state index in [4.69, 9.17) is 0 Å².